The first-order chi connectivity index (χ1) is 19.2. The third kappa shape index (κ3) is 6.13. The Labute approximate surface area is 244 Å². The summed E-state index contributed by atoms with van der Waals surface area (Å²) in [4.78, 5) is 12.1. The molecule has 4 rings (SSSR count). The Kier molecular flexibility index (Phi) is 11.0. The molecule has 0 unspecified atom stereocenters. The smallest absolute Gasteiger partial charge is 0.305 e. The van der Waals surface area contributed by atoms with Crippen molar-refractivity contribution >= 4 is 5.97 Å². The average Bonchev–Trinajstić information content (AvgIpc) is 3.31. The first-order valence-electron chi connectivity index (χ1n) is 16.3. The van der Waals surface area contributed by atoms with Gasteiger partial charge >= 0.3 is 5.97 Å². The standard InChI is InChI=1S/C35H58O5/c1-8-10-11-14-32(36)40-20-12-13-24(3)27-15-16-28-33-29(23-31(35(27,28)5)39-19-9-2)34(4)18-17-26(37-6)21-25(34)22-30(33)38-7/h8-9,24-31,33H,1-2,10-23H2,3-7H3/t24-,25+,26-,27-,28+,29+,30-,31+,33+,34+,35-/m1/s1. The van der Waals surface area contributed by atoms with Crippen LogP contribution >= 0.6 is 0 Å². The van der Waals surface area contributed by atoms with Crippen molar-refractivity contribution in [2.24, 2.45) is 46.3 Å². The van der Waals surface area contributed by atoms with Gasteiger partial charge in [-0.2, -0.15) is 0 Å². The fourth-order valence-corrected chi connectivity index (χ4v) is 10.2. The van der Waals surface area contributed by atoms with E-state index in [0.717, 1.165) is 44.9 Å². The maximum absolute atomic E-state index is 12.1. The number of hydrogen-bond acceptors (Lipinski definition) is 5. The molecule has 5 heteroatoms. The lowest BCUT2D eigenvalue weighted by molar-refractivity contribution is -0.221. The van der Waals surface area contributed by atoms with Crippen molar-refractivity contribution < 1.29 is 23.7 Å². The lowest BCUT2D eigenvalue weighted by Crippen LogP contribution is -2.63. The quantitative estimate of drug-likeness (QED) is 0.124. The summed E-state index contributed by atoms with van der Waals surface area (Å²) < 4.78 is 24.5. The molecular weight excluding hydrogens is 500 g/mol. The minimum atomic E-state index is -0.0761. The van der Waals surface area contributed by atoms with E-state index < -0.39 is 0 Å². The van der Waals surface area contributed by atoms with Crippen LogP contribution in [0.25, 0.3) is 0 Å². The number of hydrogen-bond donors (Lipinski definition) is 0. The van der Waals surface area contributed by atoms with Crippen LogP contribution in [-0.2, 0) is 23.7 Å². The minimum Gasteiger partial charge on any atom is -0.466 e. The number of unbranched alkanes of at least 4 members (excludes halogenated alkanes) is 1. The van der Waals surface area contributed by atoms with Crippen LogP contribution in [0.4, 0.5) is 0 Å². The van der Waals surface area contributed by atoms with Gasteiger partial charge in [-0.25, -0.2) is 0 Å². The maximum atomic E-state index is 12.1. The maximum Gasteiger partial charge on any atom is 0.305 e. The van der Waals surface area contributed by atoms with Crippen LogP contribution in [0.3, 0.4) is 0 Å². The molecule has 40 heavy (non-hydrogen) atoms. The Morgan fingerprint density at radius 3 is 2.50 bits per heavy atom. The Balaban J connectivity index is 1.49. The summed E-state index contributed by atoms with van der Waals surface area (Å²) in [5, 5.41) is 0. The van der Waals surface area contributed by atoms with Gasteiger partial charge in [-0.05, 0) is 112 Å². The molecule has 4 aliphatic carbocycles. The summed E-state index contributed by atoms with van der Waals surface area (Å²) in [6.45, 7) is 16.4. The van der Waals surface area contributed by atoms with Crippen LogP contribution in [-0.4, -0.2) is 51.7 Å². The topological polar surface area (TPSA) is 54.0 Å². The number of carbonyl (C=O) groups excluding carboxylic acids is 1. The predicted octanol–water partition coefficient (Wildman–Crippen LogP) is 7.78. The summed E-state index contributed by atoms with van der Waals surface area (Å²) >= 11 is 0. The monoisotopic (exact) mass is 558 g/mol. The molecule has 4 aliphatic rings. The fourth-order valence-electron chi connectivity index (χ4n) is 10.2. The Hall–Kier alpha value is -1.17. The third-order valence-corrected chi connectivity index (χ3v) is 12.4. The Morgan fingerprint density at radius 1 is 1.00 bits per heavy atom. The van der Waals surface area contributed by atoms with E-state index in [0.29, 0.717) is 72.8 Å². The summed E-state index contributed by atoms with van der Waals surface area (Å²) in [5.74, 6) is 3.56. The molecule has 0 aromatic rings. The second-order valence-electron chi connectivity index (χ2n) is 14.1. The molecule has 228 valence electrons. The van der Waals surface area contributed by atoms with E-state index in [1.54, 1.807) is 0 Å². The number of rotatable bonds is 14. The summed E-state index contributed by atoms with van der Waals surface area (Å²) in [6.07, 6.45) is 17.3. The van der Waals surface area contributed by atoms with Crippen molar-refractivity contribution in [3.8, 4) is 0 Å². The van der Waals surface area contributed by atoms with Crippen molar-refractivity contribution in [1.29, 1.82) is 0 Å². The Morgan fingerprint density at radius 2 is 1.80 bits per heavy atom. The molecule has 0 aliphatic heterocycles. The zero-order valence-corrected chi connectivity index (χ0v) is 26.2. The van der Waals surface area contributed by atoms with E-state index in [4.69, 9.17) is 18.9 Å². The van der Waals surface area contributed by atoms with Gasteiger partial charge in [0.05, 0.1) is 31.5 Å². The largest absolute Gasteiger partial charge is 0.466 e. The van der Waals surface area contributed by atoms with Gasteiger partial charge in [-0.1, -0.05) is 32.9 Å². The van der Waals surface area contributed by atoms with Gasteiger partial charge in [0, 0.05) is 26.1 Å². The number of esters is 1. The summed E-state index contributed by atoms with van der Waals surface area (Å²) in [5.41, 5.74) is 0.444. The molecule has 0 amide bonds. The Bertz CT molecular complexity index is 857. The zero-order valence-electron chi connectivity index (χ0n) is 26.2. The minimum absolute atomic E-state index is 0.0761. The first-order valence-corrected chi connectivity index (χ1v) is 16.3. The highest BCUT2D eigenvalue weighted by molar-refractivity contribution is 5.69. The highest BCUT2D eigenvalue weighted by Gasteiger charge is 2.66. The molecule has 5 nitrogen and oxygen atoms in total. The second-order valence-corrected chi connectivity index (χ2v) is 14.1. The van der Waals surface area contributed by atoms with Crippen molar-refractivity contribution in [3.63, 3.8) is 0 Å². The van der Waals surface area contributed by atoms with Crippen molar-refractivity contribution in [3.05, 3.63) is 25.3 Å². The lowest BCUT2D eigenvalue weighted by Gasteiger charge is -2.64. The highest BCUT2D eigenvalue weighted by Crippen LogP contribution is 2.69. The SMILES string of the molecule is C=CCCCC(=O)OCCC[C@@H](C)[C@H]1CC[C@H]2[C@@H]3[C@H](OC)C[C@@H]4C[C@H](OC)CC[C@]4(C)[C@H]3C[C@H](OCC=C)[C@]12C. The molecule has 0 aromatic carbocycles. The number of allylic oxidation sites excluding steroid dienone is 1. The number of methoxy groups -OCH3 is 2. The van der Waals surface area contributed by atoms with Crippen LogP contribution in [0.15, 0.2) is 25.3 Å². The molecule has 0 radical (unpaired) electrons. The second kappa shape index (κ2) is 13.9. The molecule has 0 heterocycles. The van der Waals surface area contributed by atoms with E-state index in [9.17, 15) is 4.79 Å². The van der Waals surface area contributed by atoms with E-state index >= 15 is 0 Å². The van der Waals surface area contributed by atoms with Gasteiger partial charge in [-0.3, -0.25) is 4.79 Å². The number of ether oxygens (including phenoxy) is 4. The first kappa shape index (κ1) is 31.8. The van der Waals surface area contributed by atoms with Crippen LogP contribution in [0.1, 0.15) is 97.8 Å². The molecule has 0 bridgehead atoms. The van der Waals surface area contributed by atoms with E-state index in [1.165, 1.54) is 25.7 Å². The molecule has 4 saturated carbocycles. The zero-order chi connectivity index (χ0) is 28.9. The van der Waals surface area contributed by atoms with Crippen LogP contribution in [0, 0.1) is 46.3 Å². The summed E-state index contributed by atoms with van der Waals surface area (Å²) in [7, 11) is 3.83. The number of fused-ring (bicyclic) bond motifs is 5. The van der Waals surface area contributed by atoms with Gasteiger partial charge in [0.25, 0.3) is 0 Å². The molecule has 4 fully saturated rings. The highest BCUT2D eigenvalue weighted by atomic mass is 16.5. The van der Waals surface area contributed by atoms with Crippen molar-refractivity contribution in [2.75, 3.05) is 27.4 Å². The predicted molar refractivity (Wildman–Crippen MR) is 161 cm³/mol. The molecule has 11 atom stereocenters. The van der Waals surface area contributed by atoms with Crippen molar-refractivity contribution in [1.82, 2.24) is 0 Å². The van der Waals surface area contributed by atoms with Crippen LogP contribution in [0.2, 0.25) is 0 Å². The summed E-state index contributed by atoms with van der Waals surface area (Å²) in [6, 6.07) is 0. The van der Waals surface area contributed by atoms with E-state index in [1.807, 2.05) is 26.4 Å². The lowest BCUT2D eigenvalue weighted by atomic mass is 9.43. The molecular formula is C35H58O5. The van der Waals surface area contributed by atoms with Crippen molar-refractivity contribution in [2.45, 2.75) is 116 Å². The van der Waals surface area contributed by atoms with Gasteiger partial charge in [0.15, 0.2) is 0 Å². The van der Waals surface area contributed by atoms with Gasteiger partial charge < -0.3 is 18.9 Å². The van der Waals surface area contributed by atoms with Crippen LogP contribution in [0.5, 0.6) is 0 Å². The third-order valence-electron chi connectivity index (χ3n) is 12.4. The number of carbonyl (C=O) groups is 1. The fraction of sp³-hybridized carbons (Fsp3) is 0.857. The molecule has 0 saturated heterocycles. The van der Waals surface area contributed by atoms with E-state index in [-0.39, 0.29) is 17.5 Å². The molecule has 0 aromatic heterocycles. The normalized spacial score (nSPS) is 41.3. The molecule has 0 spiro atoms. The van der Waals surface area contributed by atoms with Gasteiger partial charge in [0.1, 0.15) is 0 Å². The average molecular weight is 559 g/mol. The molecule has 0 N–H and O–H groups in total. The van der Waals surface area contributed by atoms with E-state index in [2.05, 4.69) is 33.9 Å². The van der Waals surface area contributed by atoms with Gasteiger partial charge in [0.2, 0.25) is 0 Å². The van der Waals surface area contributed by atoms with Gasteiger partial charge in [-0.15, -0.1) is 13.2 Å². The van der Waals surface area contributed by atoms with Crippen LogP contribution < -0.4 is 0 Å².